The van der Waals surface area contributed by atoms with Gasteiger partial charge in [0.15, 0.2) is 0 Å². The molecule has 108 valence electrons. The van der Waals surface area contributed by atoms with Crippen molar-refractivity contribution in [3.8, 4) is 11.8 Å². The molecule has 1 aliphatic heterocycles. The molecular weight excluding hydrogens is 272 g/mol. The van der Waals surface area contributed by atoms with Crippen LogP contribution in [0.3, 0.4) is 0 Å². The Balaban J connectivity index is 2.05. The summed E-state index contributed by atoms with van der Waals surface area (Å²) in [5.74, 6) is 5.94. The van der Waals surface area contributed by atoms with E-state index in [2.05, 4.69) is 30.7 Å². The van der Waals surface area contributed by atoms with Crippen LogP contribution in [0, 0.1) is 11.8 Å². The summed E-state index contributed by atoms with van der Waals surface area (Å²) in [6.07, 6.45) is 0.469. The number of piperazine rings is 1. The second-order valence-electron chi connectivity index (χ2n) is 5.08. The Morgan fingerprint density at radius 2 is 2.35 bits per heavy atom. The molecule has 1 aliphatic rings. The third kappa shape index (κ3) is 3.60. The average molecular weight is 292 g/mol. The van der Waals surface area contributed by atoms with Crippen molar-refractivity contribution in [3.05, 3.63) is 21.9 Å². The second kappa shape index (κ2) is 6.89. The zero-order valence-electron chi connectivity index (χ0n) is 11.9. The highest BCUT2D eigenvalue weighted by molar-refractivity contribution is 7.10. The van der Waals surface area contributed by atoms with Crippen molar-refractivity contribution in [2.24, 2.45) is 0 Å². The van der Waals surface area contributed by atoms with Gasteiger partial charge in [0.05, 0.1) is 17.0 Å². The minimum Gasteiger partial charge on any atom is -0.395 e. The number of thiophene rings is 1. The molecule has 1 aromatic heterocycles. The van der Waals surface area contributed by atoms with Crippen molar-refractivity contribution in [2.75, 3.05) is 33.3 Å². The molecule has 5 heteroatoms. The third-order valence-corrected chi connectivity index (χ3v) is 4.23. The van der Waals surface area contributed by atoms with Crippen LogP contribution in [0.2, 0.25) is 0 Å². The maximum atomic E-state index is 12.5. The fourth-order valence-corrected chi connectivity index (χ4v) is 3.08. The SMILES string of the molecule is CC1CN(C)CCN1C(=O)c1csc(C#CCCO)c1. The topological polar surface area (TPSA) is 43.8 Å². The number of aliphatic hydroxyl groups is 1. The molecule has 1 fully saturated rings. The van der Waals surface area contributed by atoms with E-state index in [9.17, 15) is 4.79 Å². The van der Waals surface area contributed by atoms with Crippen LogP contribution in [0.5, 0.6) is 0 Å². The molecule has 2 heterocycles. The fraction of sp³-hybridized carbons (Fsp3) is 0.533. The average Bonchev–Trinajstić information content (AvgIpc) is 2.87. The first-order valence-electron chi connectivity index (χ1n) is 6.79. The largest absolute Gasteiger partial charge is 0.395 e. The number of hydrogen-bond acceptors (Lipinski definition) is 4. The van der Waals surface area contributed by atoms with E-state index in [4.69, 9.17) is 5.11 Å². The fourth-order valence-electron chi connectivity index (χ4n) is 2.33. The number of rotatable bonds is 2. The molecule has 0 radical (unpaired) electrons. The minimum atomic E-state index is 0.0724. The van der Waals surface area contributed by atoms with E-state index in [0.29, 0.717) is 6.42 Å². The minimum absolute atomic E-state index is 0.0724. The Labute approximate surface area is 124 Å². The third-order valence-electron chi connectivity index (χ3n) is 3.39. The summed E-state index contributed by atoms with van der Waals surface area (Å²) in [5, 5.41) is 10.6. The first-order valence-corrected chi connectivity index (χ1v) is 7.67. The van der Waals surface area contributed by atoms with Gasteiger partial charge in [-0.1, -0.05) is 11.8 Å². The highest BCUT2D eigenvalue weighted by atomic mass is 32.1. The van der Waals surface area contributed by atoms with Crippen LogP contribution in [0.15, 0.2) is 11.4 Å². The van der Waals surface area contributed by atoms with Crippen LogP contribution in [-0.2, 0) is 0 Å². The van der Waals surface area contributed by atoms with E-state index < -0.39 is 0 Å². The highest BCUT2D eigenvalue weighted by Crippen LogP contribution is 2.18. The molecule has 1 amide bonds. The number of nitrogens with zero attached hydrogens (tertiary/aromatic N) is 2. The maximum absolute atomic E-state index is 12.5. The standard InChI is InChI=1S/C15H20N2O2S/c1-12-10-16(2)6-7-17(12)15(19)13-9-14(20-11-13)5-3-4-8-18/h9,11-12,18H,4,6-8,10H2,1-2H3. The number of aliphatic hydroxyl groups excluding tert-OH is 1. The quantitative estimate of drug-likeness (QED) is 0.835. The van der Waals surface area contributed by atoms with Gasteiger partial charge >= 0.3 is 0 Å². The van der Waals surface area contributed by atoms with Crippen LogP contribution in [0.4, 0.5) is 0 Å². The van der Waals surface area contributed by atoms with Crippen molar-refractivity contribution in [3.63, 3.8) is 0 Å². The van der Waals surface area contributed by atoms with Crippen molar-refractivity contribution in [2.45, 2.75) is 19.4 Å². The number of likely N-dealkylation sites (N-methyl/N-ethyl adjacent to an activating group) is 1. The van der Waals surface area contributed by atoms with Gasteiger partial charge in [-0.05, 0) is 20.0 Å². The molecule has 4 nitrogen and oxygen atoms in total. The Morgan fingerprint density at radius 1 is 1.55 bits per heavy atom. The van der Waals surface area contributed by atoms with E-state index in [1.165, 1.54) is 11.3 Å². The van der Waals surface area contributed by atoms with Crippen molar-refractivity contribution in [1.29, 1.82) is 0 Å². The Hall–Kier alpha value is -1.35. The Kier molecular flexibility index (Phi) is 5.18. The lowest BCUT2D eigenvalue weighted by molar-refractivity contribution is 0.0534. The van der Waals surface area contributed by atoms with Crippen LogP contribution in [0.1, 0.15) is 28.6 Å². The second-order valence-corrected chi connectivity index (χ2v) is 6.00. The molecule has 1 saturated heterocycles. The van der Waals surface area contributed by atoms with E-state index in [1.807, 2.05) is 16.3 Å². The van der Waals surface area contributed by atoms with Gasteiger partial charge in [-0.15, -0.1) is 11.3 Å². The molecule has 2 rings (SSSR count). The zero-order chi connectivity index (χ0) is 14.5. The molecule has 1 atom stereocenters. The van der Waals surface area contributed by atoms with Crippen LogP contribution >= 0.6 is 11.3 Å². The van der Waals surface area contributed by atoms with Crippen molar-refractivity contribution >= 4 is 17.2 Å². The summed E-state index contributed by atoms with van der Waals surface area (Å²) in [4.78, 5) is 17.5. The van der Waals surface area contributed by atoms with Crippen molar-refractivity contribution < 1.29 is 9.90 Å². The van der Waals surface area contributed by atoms with Gasteiger partial charge in [0.2, 0.25) is 0 Å². The predicted octanol–water partition coefficient (Wildman–Crippen LogP) is 1.26. The van der Waals surface area contributed by atoms with Gasteiger partial charge in [-0.2, -0.15) is 0 Å². The summed E-state index contributed by atoms with van der Waals surface area (Å²) in [7, 11) is 2.08. The number of carbonyl (C=O) groups excluding carboxylic acids is 1. The lowest BCUT2D eigenvalue weighted by atomic mass is 10.1. The van der Waals surface area contributed by atoms with Crippen molar-refractivity contribution in [1.82, 2.24) is 9.80 Å². The van der Waals surface area contributed by atoms with Gasteiger partial charge in [0.25, 0.3) is 5.91 Å². The molecule has 0 saturated carbocycles. The molecule has 1 N–H and O–H groups in total. The lowest BCUT2D eigenvalue weighted by Gasteiger charge is -2.38. The first kappa shape index (κ1) is 15.0. The molecule has 0 spiro atoms. The van der Waals surface area contributed by atoms with Gasteiger partial charge in [0, 0.05) is 37.5 Å². The van der Waals surface area contributed by atoms with Crippen LogP contribution in [-0.4, -0.2) is 60.1 Å². The normalized spacial score (nSPS) is 19.6. The number of carbonyl (C=O) groups is 1. The summed E-state index contributed by atoms with van der Waals surface area (Å²) >= 11 is 1.48. The number of hydrogen-bond donors (Lipinski definition) is 1. The summed E-state index contributed by atoms with van der Waals surface area (Å²) < 4.78 is 0. The van der Waals surface area contributed by atoms with E-state index in [-0.39, 0.29) is 18.6 Å². The van der Waals surface area contributed by atoms with Gasteiger partial charge in [-0.25, -0.2) is 0 Å². The molecule has 0 aliphatic carbocycles. The molecular formula is C15H20N2O2S. The van der Waals surface area contributed by atoms with Crippen LogP contribution < -0.4 is 0 Å². The summed E-state index contributed by atoms with van der Waals surface area (Å²) in [5.41, 5.74) is 0.722. The summed E-state index contributed by atoms with van der Waals surface area (Å²) in [6, 6.07) is 2.09. The van der Waals surface area contributed by atoms with Crippen LogP contribution in [0.25, 0.3) is 0 Å². The summed E-state index contributed by atoms with van der Waals surface area (Å²) in [6.45, 7) is 4.77. The molecule has 1 unspecified atom stereocenters. The van der Waals surface area contributed by atoms with Gasteiger partial charge < -0.3 is 14.9 Å². The zero-order valence-corrected chi connectivity index (χ0v) is 12.7. The molecule has 0 bridgehead atoms. The van der Waals surface area contributed by atoms with E-state index >= 15 is 0 Å². The smallest absolute Gasteiger partial charge is 0.255 e. The van der Waals surface area contributed by atoms with E-state index in [0.717, 1.165) is 30.1 Å². The maximum Gasteiger partial charge on any atom is 0.255 e. The van der Waals surface area contributed by atoms with E-state index in [1.54, 1.807) is 0 Å². The Bertz CT molecular complexity index is 529. The lowest BCUT2D eigenvalue weighted by Crippen LogP contribution is -2.52. The molecule has 1 aromatic rings. The number of amides is 1. The monoisotopic (exact) mass is 292 g/mol. The highest BCUT2D eigenvalue weighted by Gasteiger charge is 2.26. The van der Waals surface area contributed by atoms with Gasteiger partial charge in [0.1, 0.15) is 0 Å². The molecule has 20 heavy (non-hydrogen) atoms. The Morgan fingerprint density at radius 3 is 3.05 bits per heavy atom. The molecule has 0 aromatic carbocycles. The first-order chi connectivity index (χ1) is 9.61. The van der Waals surface area contributed by atoms with Gasteiger partial charge in [-0.3, -0.25) is 4.79 Å². The predicted molar refractivity (Wildman–Crippen MR) is 80.9 cm³/mol.